The van der Waals surface area contributed by atoms with Crippen LogP contribution in [-0.2, 0) is 0 Å². The lowest BCUT2D eigenvalue weighted by Gasteiger charge is -2.33. The number of benzene rings is 4. The zero-order chi connectivity index (χ0) is 17.5. The Morgan fingerprint density at radius 3 is 1.85 bits per heavy atom. The molecule has 3 aliphatic heterocycles. The Kier molecular flexibility index (Phi) is 2.56. The summed E-state index contributed by atoms with van der Waals surface area (Å²) in [5.41, 5.74) is 9.34. The molecule has 3 aliphatic rings. The summed E-state index contributed by atoms with van der Waals surface area (Å²) in [5, 5.41) is 0. The van der Waals surface area contributed by atoms with Gasteiger partial charge in [-0.15, -0.1) is 0 Å². The van der Waals surface area contributed by atoms with Crippen LogP contribution in [0.25, 0.3) is 22.3 Å². The van der Waals surface area contributed by atoms with E-state index in [9.17, 15) is 0 Å². The highest BCUT2D eigenvalue weighted by Gasteiger charge is 2.43. The van der Waals surface area contributed by atoms with E-state index in [4.69, 9.17) is 4.74 Å². The summed E-state index contributed by atoms with van der Waals surface area (Å²) in [7, 11) is 0. The topological polar surface area (TPSA) is 9.23 Å². The summed E-state index contributed by atoms with van der Waals surface area (Å²) < 4.78 is 6.41. The Labute approximate surface area is 162 Å². The van der Waals surface area contributed by atoms with Crippen molar-refractivity contribution in [1.29, 1.82) is 0 Å². The fraction of sp³-hybridized carbons (Fsp3) is 0. The molecule has 0 saturated heterocycles. The van der Waals surface area contributed by atoms with Crippen LogP contribution in [0.1, 0.15) is 0 Å². The summed E-state index contributed by atoms with van der Waals surface area (Å²) in [6, 6.07) is 28.5. The highest BCUT2D eigenvalue weighted by molar-refractivity contribution is 8.00. The molecule has 0 N–H and O–H groups in total. The molecule has 3 heteroatoms. The Morgan fingerprint density at radius 1 is 0.519 bits per heavy atom. The molecule has 0 aliphatic carbocycles. The first-order valence-electron chi connectivity index (χ1n) is 9.24. The van der Waals surface area contributed by atoms with Gasteiger partial charge in [0, 0.05) is 9.79 Å². The van der Waals surface area contributed by atoms with Crippen LogP contribution in [0, 0.1) is 0 Å². The van der Waals surface area contributed by atoms with Crippen LogP contribution in [0.5, 0.6) is 11.5 Å². The van der Waals surface area contributed by atoms with E-state index in [0.29, 0.717) is 0 Å². The molecule has 3 heterocycles. The number of hydrogen-bond acceptors (Lipinski definition) is 2. The van der Waals surface area contributed by atoms with E-state index >= 15 is 0 Å². The van der Waals surface area contributed by atoms with Crippen LogP contribution in [0.15, 0.2) is 88.7 Å². The molecule has 0 unspecified atom stereocenters. The van der Waals surface area contributed by atoms with Crippen LogP contribution < -0.4 is 21.1 Å². The van der Waals surface area contributed by atoms with Gasteiger partial charge in [0.05, 0.1) is 0 Å². The minimum atomic E-state index is 0.232. The van der Waals surface area contributed by atoms with Gasteiger partial charge in [-0.25, -0.2) is 0 Å². The van der Waals surface area contributed by atoms with Gasteiger partial charge in [-0.3, -0.25) is 0 Å². The standard InChI is InChI=1S/C24H13BOS/c1-2-7-15-14(6-1)16-8-3-10-18-22(16)25-23-17(15)9-4-12-20(23)27-21-13-5-11-19(26-18)24(21)25/h1-13H. The average Bonchev–Trinajstić information content (AvgIpc) is 2.84. The van der Waals surface area contributed by atoms with Crippen LogP contribution in [-0.4, -0.2) is 6.71 Å². The zero-order valence-corrected chi connectivity index (χ0v) is 15.2. The molecule has 124 valence electrons. The molecule has 4 aromatic carbocycles. The van der Waals surface area contributed by atoms with Crippen molar-refractivity contribution < 1.29 is 4.74 Å². The maximum absolute atomic E-state index is 6.41. The molecule has 0 amide bonds. The molecule has 0 saturated carbocycles. The summed E-state index contributed by atoms with van der Waals surface area (Å²) in [6.45, 7) is 0.232. The van der Waals surface area contributed by atoms with Gasteiger partial charge in [0.1, 0.15) is 11.5 Å². The zero-order valence-electron chi connectivity index (χ0n) is 14.4. The molecule has 7 rings (SSSR count). The van der Waals surface area contributed by atoms with E-state index in [0.717, 1.165) is 11.5 Å². The highest BCUT2D eigenvalue weighted by Crippen LogP contribution is 2.43. The van der Waals surface area contributed by atoms with E-state index in [1.165, 1.54) is 48.4 Å². The first-order chi connectivity index (χ1) is 13.4. The monoisotopic (exact) mass is 360 g/mol. The number of hydrogen-bond donors (Lipinski definition) is 0. The number of ether oxygens (including phenoxy) is 1. The quantitative estimate of drug-likeness (QED) is 0.370. The van der Waals surface area contributed by atoms with Crippen molar-refractivity contribution in [3.8, 4) is 33.8 Å². The van der Waals surface area contributed by atoms with Gasteiger partial charge < -0.3 is 4.74 Å². The van der Waals surface area contributed by atoms with Gasteiger partial charge in [-0.2, -0.15) is 0 Å². The predicted octanol–water partition coefficient (Wildman–Crippen LogP) is 4.42. The van der Waals surface area contributed by atoms with E-state index < -0.39 is 0 Å². The van der Waals surface area contributed by atoms with E-state index in [-0.39, 0.29) is 6.71 Å². The number of rotatable bonds is 0. The predicted molar refractivity (Wildman–Crippen MR) is 113 cm³/mol. The molecular formula is C24H13BOS. The second kappa shape index (κ2) is 4.87. The van der Waals surface area contributed by atoms with Crippen molar-refractivity contribution in [2.45, 2.75) is 9.79 Å². The molecule has 0 atom stereocenters. The van der Waals surface area contributed by atoms with E-state index in [1.807, 2.05) is 11.8 Å². The van der Waals surface area contributed by atoms with E-state index in [2.05, 4.69) is 78.9 Å². The van der Waals surface area contributed by atoms with Crippen LogP contribution in [0.3, 0.4) is 0 Å². The second-order valence-electron chi connectivity index (χ2n) is 7.29. The molecule has 1 nitrogen and oxygen atoms in total. The Bertz CT molecular complexity index is 1200. The van der Waals surface area contributed by atoms with Gasteiger partial charge in [0.15, 0.2) is 0 Å². The van der Waals surface area contributed by atoms with Gasteiger partial charge in [-0.1, -0.05) is 66.4 Å². The fourth-order valence-electron chi connectivity index (χ4n) is 4.94. The SMILES string of the molecule is c1cc2c3c(c1)Sc1cccc4c1B3c1c(cccc1-c1ccccc1-4)O2. The molecule has 0 fully saturated rings. The maximum atomic E-state index is 6.41. The molecule has 0 radical (unpaired) electrons. The van der Waals surface area contributed by atoms with Gasteiger partial charge in [0.25, 0.3) is 6.71 Å². The molecule has 0 aromatic heterocycles. The molecule has 0 spiro atoms. The van der Waals surface area contributed by atoms with E-state index in [1.54, 1.807) is 0 Å². The minimum absolute atomic E-state index is 0.232. The first-order valence-corrected chi connectivity index (χ1v) is 10.1. The summed E-state index contributed by atoms with van der Waals surface area (Å²) in [5.74, 6) is 1.99. The van der Waals surface area contributed by atoms with Crippen molar-refractivity contribution >= 4 is 34.9 Å². The number of fused-ring (bicyclic) bond motifs is 3. The molecule has 4 aromatic rings. The Balaban J connectivity index is 1.74. The summed E-state index contributed by atoms with van der Waals surface area (Å²) >= 11 is 1.87. The largest absolute Gasteiger partial charge is 0.458 e. The lowest BCUT2D eigenvalue weighted by Crippen LogP contribution is -2.58. The van der Waals surface area contributed by atoms with Crippen molar-refractivity contribution in [1.82, 2.24) is 0 Å². The normalized spacial score (nSPS) is 14.0. The average molecular weight is 360 g/mol. The Hall–Kier alpha value is -2.91. The van der Waals surface area contributed by atoms with Crippen LogP contribution in [0.4, 0.5) is 0 Å². The van der Waals surface area contributed by atoms with Crippen LogP contribution in [0.2, 0.25) is 0 Å². The van der Waals surface area contributed by atoms with Crippen molar-refractivity contribution in [3.63, 3.8) is 0 Å². The lowest BCUT2D eigenvalue weighted by atomic mass is 9.34. The Morgan fingerprint density at radius 2 is 1.07 bits per heavy atom. The van der Waals surface area contributed by atoms with Crippen LogP contribution >= 0.6 is 11.8 Å². The summed E-state index contributed by atoms with van der Waals surface area (Å²) in [6.07, 6.45) is 0. The summed E-state index contributed by atoms with van der Waals surface area (Å²) in [4.78, 5) is 2.68. The lowest BCUT2D eigenvalue weighted by molar-refractivity contribution is 0.486. The van der Waals surface area contributed by atoms with Gasteiger partial charge in [-0.05, 0) is 62.9 Å². The maximum Gasteiger partial charge on any atom is 0.255 e. The third kappa shape index (κ3) is 1.69. The van der Waals surface area contributed by atoms with Crippen molar-refractivity contribution in [2.75, 3.05) is 0 Å². The third-order valence-electron chi connectivity index (χ3n) is 5.97. The highest BCUT2D eigenvalue weighted by atomic mass is 32.2. The fourth-order valence-corrected chi connectivity index (χ4v) is 6.14. The molecule has 0 bridgehead atoms. The molecule has 27 heavy (non-hydrogen) atoms. The first kappa shape index (κ1) is 14.2. The third-order valence-corrected chi connectivity index (χ3v) is 7.12. The van der Waals surface area contributed by atoms with Gasteiger partial charge in [0.2, 0.25) is 0 Å². The molecular weight excluding hydrogens is 347 g/mol. The smallest absolute Gasteiger partial charge is 0.255 e. The van der Waals surface area contributed by atoms with Crippen molar-refractivity contribution in [3.05, 3.63) is 78.9 Å². The minimum Gasteiger partial charge on any atom is -0.458 e. The van der Waals surface area contributed by atoms with Crippen molar-refractivity contribution in [2.24, 2.45) is 0 Å². The van der Waals surface area contributed by atoms with Gasteiger partial charge >= 0.3 is 0 Å². The second-order valence-corrected chi connectivity index (χ2v) is 8.37.